The maximum absolute atomic E-state index is 8.71. The summed E-state index contributed by atoms with van der Waals surface area (Å²) in [5.74, 6) is 0. The van der Waals surface area contributed by atoms with E-state index in [1.807, 2.05) is 19.1 Å². The van der Waals surface area contributed by atoms with Crippen LogP contribution in [0.5, 0.6) is 0 Å². The van der Waals surface area contributed by atoms with Gasteiger partial charge in [-0.3, -0.25) is 0 Å². The number of hydrogen-bond acceptors (Lipinski definition) is 2. The summed E-state index contributed by atoms with van der Waals surface area (Å²) in [7, 11) is 0. The molecule has 1 aliphatic heterocycles. The molecule has 0 aliphatic carbocycles. The number of rotatable bonds is 1. The highest BCUT2D eigenvalue weighted by atomic mass is 35.5. The van der Waals surface area contributed by atoms with E-state index < -0.39 is 0 Å². The van der Waals surface area contributed by atoms with Gasteiger partial charge in [0.2, 0.25) is 0 Å². The summed E-state index contributed by atoms with van der Waals surface area (Å²) in [5, 5.41) is 9.30. The van der Waals surface area contributed by atoms with E-state index >= 15 is 0 Å². The Morgan fingerprint density at radius 2 is 2.15 bits per heavy atom. The lowest BCUT2D eigenvalue weighted by molar-refractivity contribution is 0.383. The standard InChI is InChI=1S/C10H8ClNO/c1-6-10(13-6)8-2-7(5-12)3-9(11)4-8/h2-4,6,10H,1H3. The zero-order valence-electron chi connectivity index (χ0n) is 7.12. The number of benzene rings is 1. The van der Waals surface area contributed by atoms with Gasteiger partial charge in [-0.1, -0.05) is 11.6 Å². The number of epoxide rings is 1. The molecule has 2 rings (SSSR count). The summed E-state index contributed by atoms with van der Waals surface area (Å²) in [6, 6.07) is 7.38. The first kappa shape index (κ1) is 8.55. The zero-order chi connectivity index (χ0) is 9.42. The molecule has 0 saturated carbocycles. The maximum atomic E-state index is 8.71. The first-order chi connectivity index (χ1) is 6.20. The van der Waals surface area contributed by atoms with Gasteiger partial charge >= 0.3 is 0 Å². The molecule has 0 radical (unpaired) electrons. The molecule has 1 saturated heterocycles. The lowest BCUT2D eigenvalue weighted by atomic mass is 10.1. The molecule has 1 aromatic rings. The van der Waals surface area contributed by atoms with Crippen LogP contribution in [0, 0.1) is 11.3 Å². The van der Waals surface area contributed by atoms with Gasteiger partial charge in [0.05, 0.1) is 17.7 Å². The average molecular weight is 194 g/mol. The Bertz CT molecular complexity index is 383. The van der Waals surface area contributed by atoms with Crippen molar-refractivity contribution in [2.75, 3.05) is 0 Å². The molecule has 2 unspecified atom stereocenters. The van der Waals surface area contributed by atoms with Crippen LogP contribution in [0.4, 0.5) is 0 Å². The summed E-state index contributed by atoms with van der Waals surface area (Å²) < 4.78 is 5.29. The van der Waals surface area contributed by atoms with E-state index in [2.05, 4.69) is 6.07 Å². The van der Waals surface area contributed by atoms with Crippen LogP contribution in [-0.2, 0) is 4.74 Å². The maximum Gasteiger partial charge on any atom is 0.109 e. The Hall–Kier alpha value is -1.04. The van der Waals surface area contributed by atoms with Gasteiger partial charge in [0, 0.05) is 5.02 Å². The number of ether oxygens (including phenoxy) is 1. The van der Waals surface area contributed by atoms with Gasteiger partial charge in [-0.25, -0.2) is 0 Å². The normalized spacial score (nSPS) is 25.3. The van der Waals surface area contributed by atoms with E-state index in [4.69, 9.17) is 21.6 Å². The summed E-state index contributed by atoms with van der Waals surface area (Å²) >= 11 is 5.84. The molecule has 0 N–H and O–H groups in total. The third-order valence-corrected chi connectivity index (χ3v) is 2.31. The molecule has 66 valence electrons. The predicted octanol–water partition coefficient (Wildman–Crippen LogP) is 2.67. The van der Waals surface area contributed by atoms with Crippen LogP contribution in [0.1, 0.15) is 24.2 Å². The molecule has 1 aromatic carbocycles. The van der Waals surface area contributed by atoms with E-state index in [0.29, 0.717) is 10.6 Å². The smallest absolute Gasteiger partial charge is 0.109 e. The second-order valence-electron chi connectivity index (χ2n) is 3.15. The quantitative estimate of drug-likeness (QED) is 0.643. The molecule has 0 amide bonds. The lowest BCUT2D eigenvalue weighted by Gasteiger charge is -1.97. The monoisotopic (exact) mass is 193 g/mol. The Labute approximate surface area is 81.7 Å². The van der Waals surface area contributed by atoms with Gasteiger partial charge < -0.3 is 4.74 Å². The Kier molecular flexibility index (Phi) is 1.99. The summed E-state index contributed by atoms with van der Waals surface area (Å²) in [5.41, 5.74) is 1.58. The predicted molar refractivity (Wildman–Crippen MR) is 49.5 cm³/mol. The molecular formula is C10H8ClNO. The topological polar surface area (TPSA) is 36.3 Å². The first-order valence-electron chi connectivity index (χ1n) is 4.07. The van der Waals surface area contributed by atoms with Gasteiger partial charge in [-0.15, -0.1) is 0 Å². The van der Waals surface area contributed by atoms with Crippen molar-refractivity contribution in [3.63, 3.8) is 0 Å². The lowest BCUT2D eigenvalue weighted by Crippen LogP contribution is -1.85. The molecule has 13 heavy (non-hydrogen) atoms. The fourth-order valence-electron chi connectivity index (χ4n) is 1.38. The van der Waals surface area contributed by atoms with Crippen LogP contribution >= 0.6 is 11.6 Å². The van der Waals surface area contributed by atoms with Crippen molar-refractivity contribution < 1.29 is 4.74 Å². The van der Waals surface area contributed by atoms with Crippen molar-refractivity contribution in [2.24, 2.45) is 0 Å². The molecule has 3 heteroatoms. The third-order valence-electron chi connectivity index (χ3n) is 2.09. The van der Waals surface area contributed by atoms with E-state index in [1.165, 1.54) is 0 Å². The second kappa shape index (κ2) is 3.02. The highest BCUT2D eigenvalue weighted by Gasteiger charge is 2.35. The van der Waals surface area contributed by atoms with Gasteiger partial charge in [0.1, 0.15) is 6.10 Å². The van der Waals surface area contributed by atoms with Crippen molar-refractivity contribution in [1.82, 2.24) is 0 Å². The van der Waals surface area contributed by atoms with E-state index in [-0.39, 0.29) is 12.2 Å². The van der Waals surface area contributed by atoms with Crippen LogP contribution in [0.3, 0.4) is 0 Å². The van der Waals surface area contributed by atoms with Gasteiger partial charge in [-0.2, -0.15) is 5.26 Å². The highest BCUT2D eigenvalue weighted by Crippen LogP contribution is 2.39. The molecule has 2 nitrogen and oxygen atoms in total. The van der Waals surface area contributed by atoms with E-state index in [1.54, 1.807) is 6.07 Å². The van der Waals surface area contributed by atoms with Crippen LogP contribution in [0.15, 0.2) is 18.2 Å². The van der Waals surface area contributed by atoms with Crippen molar-refractivity contribution in [3.05, 3.63) is 34.3 Å². The van der Waals surface area contributed by atoms with Crippen LogP contribution < -0.4 is 0 Å². The largest absolute Gasteiger partial charge is 0.365 e. The number of nitriles is 1. The van der Waals surface area contributed by atoms with Crippen LogP contribution in [0.25, 0.3) is 0 Å². The SMILES string of the molecule is CC1OC1c1cc(Cl)cc(C#N)c1. The van der Waals surface area contributed by atoms with Crippen LogP contribution in [-0.4, -0.2) is 6.10 Å². The van der Waals surface area contributed by atoms with Gasteiger partial charge in [-0.05, 0) is 30.7 Å². The molecule has 1 fully saturated rings. The molecule has 0 spiro atoms. The fourth-order valence-corrected chi connectivity index (χ4v) is 1.62. The number of hydrogen-bond donors (Lipinski definition) is 0. The molecule has 1 heterocycles. The Balaban J connectivity index is 2.37. The minimum Gasteiger partial charge on any atom is -0.365 e. The van der Waals surface area contributed by atoms with E-state index in [9.17, 15) is 0 Å². The molecule has 0 bridgehead atoms. The summed E-state index contributed by atoms with van der Waals surface area (Å²) in [6.07, 6.45) is 0.385. The minimum absolute atomic E-state index is 0.130. The fraction of sp³-hybridized carbons (Fsp3) is 0.300. The number of nitrogens with zero attached hydrogens (tertiary/aromatic N) is 1. The van der Waals surface area contributed by atoms with Gasteiger partial charge in [0.15, 0.2) is 0 Å². The van der Waals surface area contributed by atoms with Crippen molar-refractivity contribution in [2.45, 2.75) is 19.1 Å². The Morgan fingerprint density at radius 3 is 2.69 bits per heavy atom. The molecular weight excluding hydrogens is 186 g/mol. The van der Waals surface area contributed by atoms with Crippen molar-refractivity contribution in [3.8, 4) is 6.07 Å². The van der Waals surface area contributed by atoms with Crippen molar-refractivity contribution in [1.29, 1.82) is 5.26 Å². The zero-order valence-corrected chi connectivity index (χ0v) is 7.88. The first-order valence-corrected chi connectivity index (χ1v) is 4.44. The van der Waals surface area contributed by atoms with Gasteiger partial charge in [0.25, 0.3) is 0 Å². The van der Waals surface area contributed by atoms with Crippen LogP contribution in [0.2, 0.25) is 5.02 Å². The Morgan fingerprint density at radius 1 is 1.46 bits per heavy atom. The minimum atomic E-state index is 0.130. The number of halogens is 1. The van der Waals surface area contributed by atoms with E-state index in [0.717, 1.165) is 5.56 Å². The van der Waals surface area contributed by atoms with Crippen molar-refractivity contribution >= 4 is 11.6 Å². The third kappa shape index (κ3) is 1.67. The summed E-state index contributed by atoms with van der Waals surface area (Å²) in [6.45, 7) is 2.00. The molecule has 0 aromatic heterocycles. The second-order valence-corrected chi connectivity index (χ2v) is 3.58. The molecule has 2 atom stereocenters. The average Bonchev–Trinajstić information content (AvgIpc) is 2.81. The molecule has 1 aliphatic rings. The highest BCUT2D eigenvalue weighted by molar-refractivity contribution is 6.30. The summed E-state index contributed by atoms with van der Waals surface area (Å²) in [4.78, 5) is 0.